The Hall–Kier alpha value is -1.13. The maximum atomic E-state index is 5.77. The molecule has 3 rings (SSSR count). The molecule has 0 bridgehead atoms. The first-order valence-corrected chi connectivity index (χ1v) is 7.01. The summed E-state index contributed by atoms with van der Waals surface area (Å²) in [5.74, 6) is 0. The van der Waals surface area contributed by atoms with Crippen molar-refractivity contribution in [3.8, 4) is 0 Å². The quantitative estimate of drug-likeness (QED) is 0.906. The highest BCUT2D eigenvalue weighted by atomic mass is 32.1. The molecular weight excluding hydrogens is 230 g/mol. The van der Waals surface area contributed by atoms with Crippen LogP contribution in [0.15, 0.2) is 18.2 Å². The predicted molar refractivity (Wildman–Crippen MR) is 73.4 cm³/mol. The van der Waals surface area contributed by atoms with Crippen molar-refractivity contribution in [3.63, 3.8) is 0 Å². The fraction of sp³-hybridized carbons (Fsp3) is 0.462. The Morgan fingerprint density at radius 1 is 1.29 bits per heavy atom. The number of hydrogen-bond donors (Lipinski definition) is 1. The third-order valence-corrected chi connectivity index (χ3v) is 4.26. The van der Waals surface area contributed by atoms with Gasteiger partial charge >= 0.3 is 0 Å². The van der Waals surface area contributed by atoms with E-state index in [-0.39, 0.29) is 0 Å². The van der Waals surface area contributed by atoms with Crippen LogP contribution in [0.3, 0.4) is 0 Å². The summed E-state index contributed by atoms with van der Waals surface area (Å²) in [6.07, 6.45) is 3.79. The summed E-state index contributed by atoms with van der Waals surface area (Å²) in [4.78, 5) is 6.97. The minimum Gasteiger partial charge on any atom is -0.375 e. The standard InChI is InChI=1S/C13H17N3S/c14-13-15-12-10(4-3-5-11(12)17-13)6-9-16-7-1-2-8-16/h3-5H,1-2,6-9H2,(H2,14,15). The molecule has 0 radical (unpaired) electrons. The number of para-hydroxylation sites is 1. The van der Waals surface area contributed by atoms with Gasteiger partial charge in [0.05, 0.1) is 10.2 Å². The Balaban J connectivity index is 1.79. The van der Waals surface area contributed by atoms with E-state index in [1.165, 1.54) is 36.2 Å². The zero-order valence-corrected chi connectivity index (χ0v) is 10.7. The van der Waals surface area contributed by atoms with Gasteiger partial charge in [-0.05, 0) is 44.0 Å². The summed E-state index contributed by atoms with van der Waals surface area (Å²) in [6, 6.07) is 6.39. The summed E-state index contributed by atoms with van der Waals surface area (Å²) in [5.41, 5.74) is 8.22. The van der Waals surface area contributed by atoms with Crippen LogP contribution in [0.5, 0.6) is 0 Å². The number of rotatable bonds is 3. The zero-order valence-electron chi connectivity index (χ0n) is 9.85. The smallest absolute Gasteiger partial charge is 0.181 e. The van der Waals surface area contributed by atoms with Crippen LogP contribution in [0.25, 0.3) is 10.2 Å². The normalized spacial score (nSPS) is 16.9. The van der Waals surface area contributed by atoms with E-state index in [4.69, 9.17) is 5.73 Å². The molecule has 0 saturated carbocycles. The van der Waals surface area contributed by atoms with Crippen molar-refractivity contribution < 1.29 is 0 Å². The first-order valence-electron chi connectivity index (χ1n) is 6.19. The van der Waals surface area contributed by atoms with Crippen molar-refractivity contribution in [2.24, 2.45) is 0 Å². The van der Waals surface area contributed by atoms with Crippen molar-refractivity contribution >= 4 is 26.7 Å². The highest BCUT2D eigenvalue weighted by Crippen LogP contribution is 2.26. The van der Waals surface area contributed by atoms with E-state index in [2.05, 4.69) is 28.1 Å². The van der Waals surface area contributed by atoms with Crippen molar-refractivity contribution in [3.05, 3.63) is 23.8 Å². The van der Waals surface area contributed by atoms with Crippen molar-refractivity contribution in [1.82, 2.24) is 9.88 Å². The van der Waals surface area contributed by atoms with Gasteiger partial charge in [-0.3, -0.25) is 0 Å². The molecule has 3 nitrogen and oxygen atoms in total. The SMILES string of the molecule is Nc1nc2c(CCN3CCCC3)cccc2s1. The Morgan fingerprint density at radius 2 is 2.12 bits per heavy atom. The Bertz CT molecular complexity index is 514. The van der Waals surface area contributed by atoms with E-state index in [1.54, 1.807) is 11.3 Å². The van der Waals surface area contributed by atoms with Crippen molar-refractivity contribution in [2.75, 3.05) is 25.4 Å². The molecule has 17 heavy (non-hydrogen) atoms. The molecule has 4 heteroatoms. The van der Waals surface area contributed by atoms with Gasteiger partial charge in [0.1, 0.15) is 0 Å². The summed E-state index contributed by atoms with van der Waals surface area (Å²) in [7, 11) is 0. The van der Waals surface area contributed by atoms with E-state index in [9.17, 15) is 0 Å². The van der Waals surface area contributed by atoms with Crippen LogP contribution in [0.4, 0.5) is 5.13 Å². The molecule has 1 aliphatic rings. The maximum Gasteiger partial charge on any atom is 0.181 e. The summed E-state index contributed by atoms with van der Waals surface area (Å²) >= 11 is 1.58. The number of nitrogen functional groups attached to an aromatic ring is 1. The van der Waals surface area contributed by atoms with Gasteiger partial charge in [-0.25, -0.2) is 4.98 Å². The molecule has 0 unspecified atom stereocenters. The highest BCUT2D eigenvalue weighted by Gasteiger charge is 2.12. The molecule has 2 aromatic rings. The topological polar surface area (TPSA) is 42.1 Å². The monoisotopic (exact) mass is 247 g/mol. The van der Waals surface area contributed by atoms with Crippen LogP contribution in [0.2, 0.25) is 0 Å². The lowest BCUT2D eigenvalue weighted by molar-refractivity contribution is 0.344. The molecule has 0 aliphatic carbocycles. The lowest BCUT2D eigenvalue weighted by Gasteiger charge is -2.14. The third kappa shape index (κ3) is 2.28. The number of anilines is 1. The van der Waals surface area contributed by atoms with Crippen LogP contribution in [-0.4, -0.2) is 29.5 Å². The van der Waals surface area contributed by atoms with Gasteiger partial charge in [0.2, 0.25) is 0 Å². The first-order chi connectivity index (χ1) is 8.33. The van der Waals surface area contributed by atoms with E-state index >= 15 is 0 Å². The number of likely N-dealkylation sites (tertiary alicyclic amines) is 1. The number of fused-ring (bicyclic) bond motifs is 1. The van der Waals surface area contributed by atoms with Gasteiger partial charge < -0.3 is 10.6 Å². The molecular formula is C13H17N3S. The molecule has 1 saturated heterocycles. The Morgan fingerprint density at radius 3 is 2.94 bits per heavy atom. The number of aromatic nitrogens is 1. The minimum atomic E-state index is 0.675. The summed E-state index contributed by atoms with van der Waals surface area (Å²) < 4.78 is 1.21. The van der Waals surface area contributed by atoms with Gasteiger partial charge in [0.15, 0.2) is 5.13 Å². The molecule has 1 aliphatic heterocycles. The van der Waals surface area contributed by atoms with Crippen LogP contribution in [0, 0.1) is 0 Å². The lowest BCUT2D eigenvalue weighted by atomic mass is 10.1. The van der Waals surface area contributed by atoms with Gasteiger partial charge in [0, 0.05) is 6.54 Å². The first kappa shape index (κ1) is 11.0. The van der Waals surface area contributed by atoms with Gasteiger partial charge in [-0.1, -0.05) is 23.5 Å². The molecule has 90 valence electrons. The van der Waals surface area contributed by atoms with Gasteiger partial charge in [-0.2, -0.15) is 0 Å². The second-order valence-corrected chi connectivity index (χ2v) is 5.68. The third-order valence-electron chi connectivity index (χ3n) is 3.42. The average molecular weight is 247 g/mol. The number of thiazole rings is 1. The Kier molecular flexibility index (Phi) is 2.99. The summed E-state index contributed by atoms with van der Waals surface area (Å²) in [5, 5.41) is 0.675. The number of hydrogen-bond acceptors (Lipinski definition) is 4. The molecule has 0 atom stereocenters. The van der Waals surface area contributed by atoms with E-state index in [1.807, 2.05) is 0 Å². The van der Waals surface area contributed by atoms with E-state index in [0.29, 0.717) is 5.13 Å². The zero-order chi connectivity index (χ0) is 11.7. The summed E-state index contributed by atoms with van der Waals surface area (Å²) in [6.45, 7) is 3.67. The Labute approximate surface area is 105 Å². The van der Waals surface area contributed by atoms with E-state index < -0.39 is 0 Å². The number of nitrogens with two attached hydrogens (primary N) is 1. The van der Waals surface area contributed by atoms with Gasteiger partial charge in [-0.15, -0.1) is 0 Å². The lowest BCUT2D eigenvalue weighted by Crippen LogP contribution is -2.21. The molecule has 0 spiro atoms. The molecule has 1 aromatic heterocycles. The van der Waals surface area contributed by atoms with Crippen molar-refractivity contribution in [1.29, 1.82) is 0 Å². The van der Waals surface area contributed by atoms with Crippen molar-refractivity contribution in [2.45, 2.75) is 19.3 Å². The minimum absolute atomic E-state index is 0.675. The van der Waals surface area contributed by atoms with E-state index in [0.717, 1.165) is 18.5 Å². The van der Waals surface area contributed by atoms with Crippen LogP contribution >= 0.6 is 11.3 Å². The second kappa shape index (κ2) is 4.63. The van der Waals surface area contributed by atoms with Gasteiger partial charge in [0.25, 0.3) is 0 Å². The molecule has 1 aromatic carbocycles. The highest BCUT2D eigenvalue weighted by molar-refractivity contribution is 7.22. The second-order valence-electron chi connectivity index (χ2n) is 4.61. The van der Waals surface area contributed by atoms with Crippen LogP contribution < -0.4 is 5.73 Å². The fourth-order valence-electron chi connectivity index (χ4n) is 2.51. The molecule has 1 fully saturated rings. The maximum absolute atomic E-state index is 5.77. The molecule has 2 heterocycles. The largest absolute Gasteiger partial charge is 0.375 e. The predicted octanol–water partition coefficient (Wildman–Crippen LogP) is 2.52. The number of nitrogens with zero attached hydrogens (tertiary/aromatic N) is 2. The van der Waals surface area contributed by atoms with Crippen LogP contribution in [0.1, 0.15) is 18.4 Å². The molecule has 2 N–H and O–H groups in total. The average Bonchev–Trinajstić information content (AvgIpc) is 2.93. The molecule has 0 amide bonds. The van der Waals surface area contributed by atoms with Crippen LogP contribution in [-0.2, 0) is 6.42 Å². The fourth-order valence-corrected chi connectivity index (χ4v) is 3.29. The number of benzene rings is 1.